The molecule has 28 heavy (non-hydrogen) atoms. The van der Waals surface area contributed by atoms with Crippen LogP contribution in [0.4, 0.5) is 0 Å². The van der Waals surface area contributed by atoms with Crippen LogP contribution in [0.25, 0.3) is 11.3 Å². The minimum atomic E-state index is -0.376. The first-order valence-electron chi connectivity index (χ1n) is 9.64. The lowest BCUT2D eigenvalue weighted by molar-refractivity contribution is 0.0950. The molecule has 0 saturated heterocycles. The van der Waals surface area contributed by atoms with E-state index in [1.54, 1.807) is 12.4 Å². The maximum absolute atomic E-state index is 12.4. The van der Waals surface area contributed by atoms with E-state index in [2.05, 4.69) is 27.4 Å². The van der Waals surface area contributed by atoms with Crippen molar-refractivity contribution in [2.45, 2.75) is 52.6 Å². The first-order chi connectivity index (χ1) is 13.5. The van der Waals surface area contributed by atoms with Gasteiger partial charge in [-0.05, 0) is 76.3 Å². The van der Waals surface area contributed by atoms with E-state index in [9.17, 15) is 4.79 Å². The second kappa shape index (κ2) is 9.26. The maximum atomic E-state index is 12.4. The standard InChI is InChI=1S/C22H26N4O2/c1-15(2)28-19-10-8-17(9-11-19)20-13-23-14-21(25-20)22(27)26-24-12-18-7-5-4-6-16(18)3/h8-15H,4-7H2,1-3H3,(H,26,27). The molecular formula is C22H26N4O2. The van der Waals surface area contributed by atoms with Gasteiger partial charge in [-0.25, -0.2) is 10.4 Å². The van der Waals surface area contributed by atoms with Gasteiger partial charge >= 0.3 is 0 Å². The number of carbonyl (C=O) groups is 1. The third kappa shape index (κ3) is 5.25. The molecule has 1 N–H and O–H groups in total. The molecule has 0 unspecified atom stereocenters. The molecule has 0 saturated carbocycles. The quantitative estimate of drug-likeness (QED) is 0.591. The normalized spacial score (nSPS) is 14.6. The number of hydrogen-bond donors (Lipinski definition) is 1. The molecule has 1 amide bonds. The van der Waals surface area contributed by atoms with Crippen molar-refractivity contribution in [3.05, 3.63) is 53.5 Å². The van der Waals surface area contributed by atoms with Gasteiger partial charge < -0.3 is 4.74 Å². The predicted octanol–water partition coefficient (Wildman–Crippen LogP) is 4.54. The Labute approximate surface area is 165 Å². The SMILES string of the molecule is CC1=C(C=NNC(=O)c2cncc(-c3ccc(OC(C)C)cc3)n2)CCCC1. The second-order valence-corrected chi connectivity index (χ2v) is 7.19. The summed E-state index contributed by atoms with van der Waals surface area (Å²) in [5.74, 6) is 0.418. The number of aromatic nitrogens is 2. The fourth-order valence-electron chi connectivity index (χ4n) is 3.07. The van der Waals surface area contributed by atoms with Crippen molar-refractivity contribution in [1.29, 1.82) is 0 Å². The zero-order chi connectivity index (χ0) is 19.9. The van der Waals surface area contributed by atoms with Gasteiger partial charge in [-0.1, -0.05) is 5.57 Å². The average molecular weight is 378 g/mol. The molecule has 0 spiro atoms. The van der Waals surface area contributed by atoms with E-state index in [0.717, 1.165) is 24.2 Å². The molecule has 3 rings (SSSR count). The van der Waals surface area contributed by atoms with Gasteiger partial charge in [0.1, 0.15) is 11.4 Å². The zero-order valence-electron chi connectivity index (χ0n) is 16.6. The van der Waals surface area contributed by atoms with Crippen LogP contribution in [-0.4, -0.2) is 28.2 Å². The predicted molar refractivity (Wildman–Crippen MR) is 110 cm³/mol. The Bertz CT molecular complexity index is 886. The van der Waals surface area contributed by atoms with Crippen molar-refractivity contribution in [2.24, 2.45) is 5.10 Å². The van der Waals surface area contributed by atoms with E-state index in [4.69, 9.17) is 4.74 Å². The summed E-state index contributed by atoms with van der Waals surface area (Å²) in [6.45, 7) is 6.08. The van der Waals surface area contributed by atoms with Crippen molar-refractivity contribution in [3.63, 3.8) is 0 Å². The molecule has 1 aliphatic carbocycles. The molecule has 146 valence electrons. The van der Waals surface area contributed by atoms with Gasteiger partial charge in [0.15, 0.2) is 0 Å². The number of ether oxygens (including phenoxy) is 1. The largest absolute Gasteiger partial charge is 0.491 e. The number of allylic oxidation sites excluding steroid dienone is 2. The lowest BCUT2D eigenvalue weighted by atomic mass is 9.94. The van der Waals surface area contributed by atoms with Gasteiger partial charge in [-0.3, -0.25) is 9.78 Å². The molecule has 0 atom stereocenters. The molecule has 1 aromatic heterocycles. The molecular weight excluding hydrogens is 352 g/mol. The smallest absolute Gasteiger partial charge is 0.291 e. The molecule has 0 radical (unpaired) electrons. The molecule has 1 heterocycles. The minimum absolute atomic E-state index is 0.117. The van der Waals surface area contributed by atoms with Crippen LogP contribution in [0, 0.1) is 0 Å². The summed E-state index contributed by atoms with van der Waals surface area (Å²) in [6.07, 6.45) is 9.44. The fourth-order valence-corrected chi connectivity index (χ4v) is 3.07. The van der Waals surface area contributed by atoms with E-state index in [0.29, 0.717) is 5.69 Å². The molecule has 0 fully saturated rings. The van der Waals surface area contributed by atoms with Crippen molar-refractivity contribution in [3.8, 4) is 17.0 Å². The number of amides is 1. The first kappa shape index (κ1) is 19.7. The van der Waals surface area contributed by atoms with Gasteiger partial charge in [0, 0.05) is 5.56 Å². The van der Waals surface area contributed by atoms with Crippen LogP contribution in [0.15, 0.2) is 52.9 Å². The van der Waals surface area contributed by atoms with E-state index in [-0.39, 0.29) is 17.7 Å². The third-order valence-electron chi connectivity index (χ3n) is 4.57. The summed E-state index contributed by atoms with van der Waals surface area (Å²) in [6, 6.07) is 7.57. The zero-order valence-corrected chi connectivity index (χ0v) is 16.6. The van der Waals surface area contributed by atoms with Crippen LogP contribution in [-0.2, 0) is 0 Å². The highest BCUT2D eigenvalue weighted by Gasteiger charge is 2.11. The number of hydrogen-bond acceptors (Lipinski definition) is 5. The number of nitrogens with one attached hydrogen (secondary N) is 1. The molecule has 1 aliphatic rings. The van der Waals surface area contributed by atoms with E-state index in [1.807, 2.05) is 38.1 Å². The number of carbonyl (C=O) groups excluding carboxylic acids is 1. The lowest BCUT2D eigenvalue weighted by Crippen LogP contribution is -2.19. The molecule has 6 nitrogen and oxygen atoms in total. The summed E-state index contributed by atoms with van der Waals surface area (Å²) in [7, 11) is 0. The van der Waals surface area contributed by atoms with Crippen LogP contribution in [0.3, 0.4) is 0 Å². The summed E-state index contributed by atoms with van der Waals surface area (Å²) in [5.41, 5.74) is 6.81. The topological polar surface area (TPSA) is 76.5 Å². The summed E-state index contributed by atoms with van der Waals surface area (Å²) in [4.78, 5) is 20.9. The van der Waals surface area contributed by atoms with E-state index < -0.39 is 0 Å². The third-order valence-corrected chi connectivity index (χ3v) is 4.57. The van der Waals surface area contributed by atoms with Crippen LogP contribution in [0.5, 0.6) is 5.75 Å². The van der Waals surface area contributed by atoms with Crippen LogP contribution in [0.1, 0.15) is 56.9 Å². The Hall–Kier alpha value is -3.02. The van der Waals surface area contributed by atoms with Crippen molar-refractivity contribution >= 4 is 12.1 Å². The number of hydrazone groups is 1. The lowest BCUT2D eigenvalue weighted by Gasteiger charge is -2.13. The Morgan fingerprint density at radius 3 is 2.64 bits per heavy atom. The van der Waals surface area contributed by atoms with Crippen LogP contribution < -0.4 is 10.2 Å². The summed E-state index contributed by atoms with van der Waals surface area (Å²) < 4.78 is 5.65. The minimum Gasteiger partial charge on any atom is -0.491 e. The monoisotopic (exact) mass is 378 g/mol. The molecule has 6 heteroatoms. The second-order valence-electron chi connectivity index (χ2n) is 7.19. The summed E-state index contributed by atoms with van der Waals surface area (Å²) in [5, 5.41) is 4.10. The van der Waals surface area contributed by atoms with E-state index >= 15 is 0 Å². The van der Waals surface area contributed by atoms with Gasteiger partial charge in [0.05, 0.1) is 30.4 Å². The van der Waals surface area contributed by atoms with Gasteiger partial charge in [-0.15, -0.1) is 0 Å². The Kier molecular flexibility index (Phi) is 6.53. The number of rotatable bonds is 6. The van der Waals surface area contributed by atoms with Gasteiger partial charge in [-0.2, -0.15) is 5.10 Å². The Balaban J connectivity index is 1.67. The van der Waals surface area contributed by atoms with Crippen LogP contribution >= 0.6 is 0 Å². The highest BCUT2D eigenvalue weighted by Crippen LogP contribution is 2.23. The first-order valence-corrected chi connectivity index (χ1v) is 9.64. The van der Waals surface area contributed by atoms with Gasteiger partial charge in [0.25, 0.3) is 5.91 Å². The molecule has 0 bridgehead atoms. The molecule has 0 aliphatic heterocycles. The highest BCUT2D eigenvalue weighted by atomic mass is 16.5. The van der Waals surface area contributed by atoms with E-state index in [1.165, 1.54) is 30.2 Å². The van der Waals surface area contributed by atoms with Crippen molar-refractivity contribution < 1.29 is 9.53 Å². The van der Waals surface area contributed by atoms with Gasteiger partial charge in [0.2, 0.25) is 0 Å². The molecule has 1 aromatic carbocycles. The maximum Gasteiger partial charge on any atom is 0.291 e. The average Bonchev–Trinajstić information content (AvgIpc) is 2.69. The number of nitrogens with zero attached hydrogens (tertiary/aromatic N) is 3. The Morgan fingerprint density at radius 1 is 1.18 bits per heavy atom. The van der Waals surface area contributed by atoms with Crippen molar-refractivity contribution in [2.75, 3.05) is 0 Å². The fraction of sp³-hybridized carbons (Fsp3) is 0.364. The summed E-state index contributed by atoms with van der Waals surface area (Å²) >= 11 is 0. The Morgan fingerprint density at radius 2 is 1.93 bits per heavy atom. The number of benzene rings is 1. The highest BCUT2D eigenvalue weighted by molar-refractivity contribution is 5.93. The van der Waals surface area contributed by atoms with Crippen molar-refractivity contribution in [1.82, 2.24) is 15.4 Å². The molecule has 2 aromatic rings. The van der Waals surface area contributed by atoms with Crippen LogP contribution in [0.2, 0.25) is 0 Å².